The average Bonchev–Trinajstić information content (AvgIpc) is 3.52. The fraction of sp³-hybridized carbons (Fsp3) is 0.462. The maximum absolute atomic E-state index is 13.3. The molecule has 0 saturated heterocycles. The Balaban J connectivity index is 1.39. The molecule has 3 aromatic heterocycles. The van der Waals surface area contributed by atoms with Crippen LogP contribution in [0.2, 0.25) is 0 Å². The van der Waals surface area contributed by atoms with Gasteiger partial charge in [-0.1, -0.05) is 24.8 Å². The zero-order chi connectivity index (χ0) is 25.4. The summed E-state index contributed by atoms with van der Waals surface area (Å²) >= 11 is 4.29. The molecule has 10 heteroatoms. The van der Waals surface area contributed by atoms with Crippen LogP contribution >= 0.6 is 34.4 Å². The number of hydrogen-bond donors (Lipinski definition) is 1. The van der Waals surface area contributed by atoms with Gasteiger partial charge < -0.3 is 10.1 Å². The number of hydrogen-bond acceptors (Lipinski definition) is 8. The topological polar surface area (TPSA) is 90.3 Å². The van der Waals surface area contributed by atoms with E-state index in [2.05, 4.69) is 18.8 Å². The van der Waals surface area contributed by atoms with Crippen LogP contribution in [0, 0.1) is 5.92 Å². The number of thioether (sulfide) groups is 1. The zero-order valence-electron chi connectivity index (χ0n) is 20.5. The summed E-state index contributed by atoms with van der Waals surface area (Å²) in [6, 6.07) is 0. The lowest BCUT2D eigenvalue weighted by atomic mass is 9.88. The number of amides is 1. The van der Waals surface area contributed by atoms with E-state index >= 15 is 0 Å². The monoisotopic (exact) mass is 543 g/mol. The van der Waals surface area contributed by atoms with Gasteiger partial charge >= 0.3 is 5.97 Å². The summed E-state index contributed by atoms with van der Waals surface area (Å²) in [6.07, 6.45) is 7.40. The van der Waals surface area contributed by atoms with Gasteiger partial charge in [-0.05, 0) is 62.5 Å². The van der Waals surface area contributed by atoms with Crippen molar-refractivity contribution < 1.29 is 14.3 Å². The Kier molecular flexibility index (Phi) is 7.37. The molecule has 5 rings (SSSR count). The van der Waals surface area contributed by atoms with Crippen molar-refractivity contribution in [3.63, 3.8) is 0 Å². The standard InChI is InChI=1S/C26H29N3O4S3/c1-4-11-29-24(31)20-15-7-6-8-17(15)35-22(20)28-26(29)34-13-19(30)27-23-21(25(32)33-5-2)16-10-9-14(3)12-18(16)36-23/h4,14H,1,5-13H2,2-3H3,(H,27,30). The molecule has 0 saturated carbocycles. The van der Waals surface area contributed by atoms with Crippen molar-refractivity contribution in [2.75, 3.05) is 17.7 Å². The normalized spacial score (nSPS) is 16.6. The van der Waals surface area contributed by atoms with Crippen molar-refractivity contribution >= 4 is 61.5 Å². The number of nitrogens with one attached hydrogen (secondary N) is 1. The molecule has 2 aliphatic rings. The second-order valence-corrected chi connectivity index (χ2v) is 12.4. The Labute approximate surface area is 222 Å². The number of carbonyl (C=O) groups is 2. The van der Waals surface area contributed by atoms with Gasteiger partial charge in [0.15, 0.2) is 5.16 Å². The highest BCUT2D eigenvalue weighted by Crippen LogP contribution is 2.40. The number of carbonyl (C=O) groups excluding carboxylic acids is 2. The molecule has 1 N–H and O–H groups in total. The molecule has 0 aromatic carbocycles. The van der Waals surface area contributed by atoms with Gasteiger partial charge in [0.05, 0.1) is 23.3 Å². The first-order chi connectivity index (χ1) is 17.4. The summed E-state index contributed by atoms with van der Waals surface area (Å²) in [5, 5.41) is 4.74. The van der Waals surface area contributed by atoms with Crippen molar-refractivity contribution in [3.05, 3.63) is 49.5 Å². The number of anilines is 1. The van der Waals surface area contributed by atoms with E-state index in [0.29, 0.717) is 28.2 Å². The minimum Gasteiger partial charge on any atom is -0.462 e. The Hall–Kier alpha value is -2.43. The second kappa shape index (κ2) is 10.5. The summed E-state index contributed by atoms with van der Waals surface area (Å²) in [4.78, 5) is 47.0. The summed E-state index contributed by atoms with van der Waals surface area (Å²) in [5.74, 6) is -0.0106. The third-order valence-electron chi connectivity index (χ3n) is 6.68. The summed E-state index contributed by atoms with van der Waals surface area (Å²) in [7, 11) is 0. The van der Waals surface area contributed by atoms with Crippen LogP contribution in [0.25, 0.3) is 10.2 Å². The van der Waals surface area contributed by atoms with Crippen molar-refractivity contribution in [2.24, 2.45) is 5.92 Å². The molecule has 1 amide bonds. The fourth-order valence-corrected chi connectivity index (χ4v) is 8.54. The van der Waals surface area contributed by atoms with Crippen LogP contribution in [0.1, 0.15) is 57.9 Å². The number of allylic oxidation sites excluding steroid dienone is 1. The fourth-order valence-electron chi connectivity index (χ4n) is 5.01. The zero-order valence-corrected chi connectivity index (χ0v) is 22.9. The first-order valence-corrected chi connectivity index (χ1v) is 14.9. The highest BCUT2D eigenvalue weighted by atomic mass is 32.2. The minimum atomic E-state index is -0.384. The van der Waals surface area contributed by atoms with E-state index in [-0.39, 0.29) is 29.8 Å². The molecule has 3 aromatic rings. The van der Waals surface area contributed by atoms with Gasteiger partial charge in [-0.3, -0.25) is 14.2 Å². The number of aryl methyl sites for hydroxylation is 2. The second-order valence-electron chi connectivity index (χ2n) is 9.25. The number of ether oxygens (including phenoxy) is 1. The van der Waals surface area contributed by atoms with Crippen LogP contribution in [0.4, 0.5) is 5.00 Å². The van der Waals surface area contributed by atoms with Gasteiger partial charge in [-0.25, -0.2) is 9.78 Å². The third kappa shape index (κ3) is 4.66. The van der Waals surface area contributed by atoms with Crippen LogP contribution in [0.3, 0.4) is 0 Å². The SMILES string of the molecule is C=CCn1c(SCC(=O)Nc2sc3c(c2C(=O)OCC)CCC(C)C3)nc2sc3c(c2c1=O)CCC3. The number of fused-ring (bicyclic) bond motifs is 4. The number of rotatable bonds is 8. The quantitative estimate of drug-likeness (QED) is 0.181. The number of esters is 1. The highest BCUT2D eigenvalue weighted by Gasteiger charge is 2.29. The number of thiophene rings is 2. The molecular formula is C26H29N3O4S3. The smallest absolute Gasteiger partial charge is 0.341 e. The van der Waals surface area contributed by atoms with E-state index < -0.39 is 0 Å². The molecular weight excluding hydrogens is 515 g/mol. The lowest BCUT2D eigenvalue weighted by molar-refractivity contribution is -0.113. The highest BCUT2D eigenvalue weighted by molar-refractivity contribution is 7.99. The van der Waals surface area contributed by atoms with Gasteiger partial charge in [-0.15, -0.1) is 29.3 Å². The predicted molar refractivity (Wildman–Crippen MR) is 147 cm³/mol. The van der Waals surface area contributed by atoms with Crippen LogP contribution in [-0.2, 0) is 41.8 Å². The maximum Gasteiger partial charge on any atom is 0.341 e. The van der Waals surface area contributed by atoms with Crippen molar-refractivity contribution in [1.82, 2.24) is 9.55 Å². The van der Waals surface area contributed by atoms with Gasteiger partial charge in [0, 0.05) is 16.3 Å². The first-order valence-electron chi connectivity index (χ1n) is 12.3. The summed E-state index contributed by atoms with van der Waals surface area (Å²) in [5.41, 5.74) is 2.59. The molecule has 1 atom stereocenters. The first kappa shape index (κ1) is 25.2. The van der Waals surface area contributed by atoms with Crippen LogP contribution in [0.5, 0.6) is 0 Å². The average molecular weight is 544 g/mol. The lowest BCUT2D eigenvalue weighted by Crippen LogP contribution is -2.24. The Morgan fingerprint density at radius 1 is 1.25 bits per heavy atom. The third-order valence-corrected chi connectivity index (χ3v) is 10.0. The van der Waals surface area contributed by atoms with E-state index in [9.17, 15) is 14.4 Å². The van der Waals surface area contributed by atoms with Gasteiger partial charge in [0.2, 0.25) is 5.91 Å². The summed E-state index contributed by atoms with van der Waals surface area (Å²) in [6.45, 7) is 8.39. The molecule has 36 heavy (non-hydrogen) atoms. The van der Waals surface area contributed by atoms with Crippen molar-refractivity contribution in [1.29, 1.82) is 0 Å². The Bertz CT molecular complexity index is 1420. The van der Waals surface area contributed by atoms with Crippen molar-refractivity contribution in [2.45, 2.75) is 64.1 Å². The lowest BCUT2D eigenvalue weighted by Gasteiger charge is -2.18. The van der Waals surface area contributed by atoms with Crippen molar-refractivity contribution in [3.8, 4) is 0 Å². The largest absolute Gasteiger partial charge is 0.462 e. The van der Waals surface area contributed by atoms with Crippen LogP contribution < -0.4 is 10.9 Å². The van der Waals surface area contributed by atoms with Gasteiger partial charge in [0.1, 0.15) is 9.83 Å². The molecule has 1 unspecified atom stereocenters. The molecule has 7 nitrogen and oxygen atoms in total. The van der Waals surface area contributed by atoms with E-state index in [0.717, 1.165) is 64.7 Å². The molecule has 0 spiro atoms. The molecule has 0 aliphatic heterocycles. The number of aromatic nitrogens is 2. The Morgan fingerprint density at radius 3 is 2.86 bits per heavy atom. The molecule has 0 radical (unpaired) electrons. The molecule has 3 heterocycles. The summed E-state index contributed by atoms with van der Waals surface area (Å²) < 4.78 is 6.91. The molecule has 2 aliphatic carbocycles. The van der Waals surface area contributed by atoms with Gasteiger partial charge in [0.25, 0.3) is 5.56 Å². The predicted octanol–water partition coefficient (Wildman–Crippen LogP) is 5.23. The molecule has 0 fully saturated rings. The number of nitrogens with zero attached hydrogens (tertiary/aromatic N) is 2. The van der Waals surface area contributed by atoms with E-state index in [1.54, 1.807) is 28.9 Å². The Morgan fingerprint density at radius 2 is 2.08 bits per heavy atom. The van der Waals surface area contributed by atoms with Crippen LogP contribution in [-0.4, -0.2) is 33.8 Å². The molecule has 190 valence electrons. The maximum atomic E-state index is 13.3. The minimum absolute atomic E-state index is 0.0631. The van der Waals surface area contributed by atoms with Crippen LogP contribution in [0.15, 0.2) is 22.6 Å². The van der Waals surface area contributed by atoms with Gasteiger partial charge in [-0.2, -0.15) is 0 Å². The van der Waals surface area contributed by atoms with E-state index in [1.807, 2.05) is 0 Å². The molecule has 0 bridgehead atoms. The van der Waals surface area contributed by atoms with E-state index in [4.69, 9.17) is 9.72 Å². The van der Waals surface area contributed by atoms with E-state index in [1.165, 1.54) is 28.0 Å².